The van der Waals surface area contributed by atoms with Gasteiger partial charge < -0.3 is 13.9 Å². The van der Waals surface area contributed by atoms with Crippen molar-refractivity contribution < 1.29 is 23.5 Å². The molecule has 0 aromatic carbocycles. The molecule has 5 heteroatoms. The first kappa shape index (κ1) is 52.2. The van der Waals surface area contributed by atoms with Crippen molar-refractivity contribution in [2.75, 3.05) is 0 Å². The molecular weight excluding hydrogens is 693 g/mol. The SMILES string of the molecule is CCCCCCCCCCCCCCCCCCCCCC(=O)Oc1c(C)oc(CC)c1OC(=O)CCCCCCCCCCCCCCCCCCCCC. The van der Waals surface area contributed by atoms with Crippen LogP contribution >= 0.6 is 0 Å². The lowest BCUT2D eigenvalue weighted by Crippen LogP contribution is -2.12. The predicted molar refractivity (Wildman–Crippen MR) is 240 cm³/mol. The van der Waals surface area contributed by atoms with Crippen molar-refractivity contribution in [3.63, 3.8) is 0 Å². The monoisotopic (exact) mass is 787 g/mol. The van der Waals surface area contributed by atoms with Gasteiger partial charge in [0, 0.05) is 19.3 Å². The Balaban J connectivity index is 2.04. The minimum atomic E-state index is -0.278. The van der Waals surface area contributed by atoms with Gasteiger partial charge in [0.15, 0.2) is 5.76 Å². The number of esters is 2. The zero-order chi connectivity index (χ0) is 40.6. The number of unbranched alkanes of at least 4 members (excludes halogenated alkanes) is 36. The van der Waals surface area contributed by atoms with Crippen LogP contribution < -0.4 is 9.47 Å². The molecule has 1 aromatic heterocycles. The lowest BCUT2D eigenvalue weighted by Gasteiger charge is -2.08. The molecule has 1 aromatic rings. The van der Waals surface area contributed by atoms with Crippen molar-refractivity contribution in [1.29, 1.82) is 0 Å². The zero-order valence-corrected chi connectivity index (χ0v) is 38.0. The molecular formula is C51H94O5. The first-order valence-corrected chi connectivity index (χ1v) is 25.1. The molecule has 0 spiro atoms. The quantitative estimate of drug-likeness (QED) is 0.0487. The van der Waals surface area contributed by atoms with Crippen LogP contribution in [0, 0.1) is 6.92 Å². The van der Waals surface area contributed by atoms with Crippen LogP contribution in [0.25, 0.3) is 0 Å². The summed E-state index contributed by atoms with van der Waals surface area (Å²) in [7, 11) is 0. The van der Waals surface area contributed by atoms with E-state index in [2.05, 4.69) is 13.8 Å². The molecule has 0 N–H and O–H groups in total. The standard InChI is InChI=1S/C51H94O5/c1-5-8-10-12-14-16-18-20-22-24-26-28-30-32-34-36-38-40-42-44-48(52)55-50-46(4)54-47(7-3)51(50)56-49(53)45-43-41-39-37-35-33-31-29-27-25-23-21-19-17-15-13-11-9-6-2/h5-45H2,1-4H3. The maximum Gasteiger partial charge on any atom is 0.311 e. The Bertz CT molecular complexity index is 1010. The lowest BCUT2D eigenvalue weighted by atomic mass is 10.0. The fourth-order valence-electron chi connectivity index (χ4n) is 8.04. The summed E-state index contributed by atoms with van der Waals surface area (Å²) >= 11 is 0. The van der Waals surface area contributed by atoms with Gasteiger partial charge in [-0.2, -0.15) is 0 Å². The van der Waals surface area contributed by atoms with E-state index < -0.39 is 0 Å². The summed E-state index contributed by atoms with van der Waals surface area (Å²) in [6.07, 6.45) is 51.8. The summed E-state index contributed by atoms with van der Waals surface area (Å²) in [5.41, 5.74) is 0. The van der Waals surface area contributed by atoms with Crippen LogP contribution in [0.1, 0.15) is 289 Å². The first-order chi connectivity index (χ1) is 27.5. The van der Waals surface area contributed by atoms with Gasteiger partial charge in [-0.15, -0.1) is 0 Å². The smallest absolute Gasteiger partial charge is 0.311 e. The molecule has 0 fully saturated rings. The van der Waals surface area contributed by atoms with Crippen molar-refractivity contribution in [3.05, 3.63) is 11.5 Å². The molecule has 1 rings (SSSR count). The zero-order valence-electron chi connectivity index (χ0n) is 38.0. The molecule has 56 heavy (non-hydrogen) atoms. The minimum absolute atomic E-state index is 0.274. The van der Waals surface area contributed by atoms with Gasteiger partial charge in [0.25, 0.3) is 0 Å². The Morgan fingerprint density at radius 1 is 0.357 bits per heavy atom. The van der Waals surface area contributed by atoms with Crippen molar-refractivity contribution in [1.82, 2.24) is 0 Å². The van der Waals surface area contributed by atoms with Gasteiger partial charge in [-0.3, -0.25) is 9.59 Å². The maximum absolute atomic E-state index is 12.8. The molecule has 0 aliphatic carbocycles. The summed E-state index contributed by atoms with van der Waals surface area (Å²) in [6, 6.07) is 0. The fourth-order valence-corrected chi connectivity index (χ4v) is 8.04. The van der Waals surface area contributed by atoms with Gasteiger partial charge in [0.2, 0.25) is 11.5 Å². The van der Waals surface area contributed by atoms with E-state index in [1.54, 1.807) is 6.92 Å². The second kappa shape index (κ2) is 40.0. The van der Waals surface area contributed by atoms with Crippen LogP contribution in [0.5, 0.6) is 11.5 Å². The number of hydrogen-bond donors (Lipinski definition) is 0. The predicted octanol–water partition coefficient (Wildman–Crippen LogP) is 17.6. The Kier molecular flexibility index (Phi) is 37.3. The van der Waals surface area contributed by atoms with Crippen LogP contribution in [0.2, 0.25) is 0 Å². The molecule has 0 aliphatic heterocycles. The van der Waals surface area contributed by atoms with Gasteiger partial charge in [-0.25, -0.2) is 0 Å². The van der Waals surface area contributed by atoms with Crippen LogP contribution in [0.3, 0.4) is 0 Å². The molecule has 0 saturated carbocycles. The van der Waals surface area contributed by atoms with Crippen molar-refractivity contribution in [2.45, 2.75) is 291 Å². The molecule has 0 atom stereocenters. The third kappa shape index (κ3) is 31.2. The van der Waals surface area contributed by atoms with E-state index >= 15 is 0 Å². The summed E-state index contributed by atoms with van der Waals surface area (Å²) in [5.74, 6) is 1.09. The molecule has 5 nitrogen and oxygen atoms in total. The highest BCUT2D eigenvalue weighted by Crippen LogP contribution is 2.39. The topological polar surface area (TPSA) is 65.7 Å². The van der Waals surface area contributed by atoms with Crippen molar-refractivity contribution >= 4 is 11.9 Å². The van der Waals surface area contributed by atoms with Crippen LogP contribution in [-0.2, 0) is 16.0 Å². The molecule has 328 valence electrons. The normalized spacial score (nSPS) is 11.4. The summed E-state index contributed by atoms with van der Waals surface area (Å²) in [5, 5.41) is 0. The second-order valence-electron chi connectivity index (χ2n) is 17.3. The average molecular weight is 787 g/mol. The maximum atomic E-state index is 12.8. The van der Waals surface area contributed by atoms with Gasteiger partial charge in [0.1, 0.15) is 5.76 Å². The van der Waals surface area contributed by atoms with Crippen molar-refractivity contribution in [2.24, 2.45) is 0 Å². The van der Waals surface area contributed by atoms with Gasteiger partial charge in [0.05, 0.1) is 0 Å². The van der Waals surface area contributed by atoms with E-state index in [0.717, 1.165) is 25.7 Å². The second-order valence-corrected chi connectivity index (χ2v) is 17.3. The summed E-state index contributed by atoms with van der Waals surface area (Å²) < 4.78 is 17.3. The number of furan rings is 1. The lowest BCUT2D eigenvalue weighted by molar-refractivity contribution is -0.137. The van der Waals surface area contributed by atoms with E-state index in [9.17, 15) is 9.59 Å². The molecule has 0 amide bonds. The molecule has 0 saturated heterocycles. The van der Waals surface area contributed by atoms with E-state index in [0.29, 0.717) is 36.5 Å². The minimum Gasteiger partial charge on any atom is -0.458 e. The van der Waals surface area contributed by atoms with Crippen LogP contribution in [0.4, 0.5) is 0 Å². The number of hydrogen-bond acceptors (Lipinski definition) is 5. The average Bonchev–Trinajstić information content (AvgIpc) is 3.48. The number of ether oxygens (including phenoxy) is 2. The largest absolute Gasteiger partial charge is 0.458 e. The highest BCUT2D eigenvalue weighted by Gasteiger charge is 2.24. The molecule has 1 heterocycles. The highest BCUT2D eigenvalue weighted by atomic mass is 16.6. The Hall–Kier alpha value is -1.78. The third-order valence-corrected chi connectivity index (χ3v) is 11.8. The first-order valence-electron chi connectivity index (χ1n) is 25.1. The summed E-state index contributed by atoms with van der Waals surface area (Å²) in [4.78, 5) is 25.5. The third-order valence-electron chi connectivity index (χ3n) is 11.8. The van der Waals surface area contributed by atoms with E-state index in [-0.39, 0.29) is 17.7 Å². The van der Waals surface area contributed by atoms with Crippen LogP contribution in [0.15, 0.2) is 4.42 Å². The fraction of sp³-hybridized carbons (Fsp3) is 0.882. The molecule has 0 radical (unpaired) electrons. The number of aryl methyl sites for hydroxylation is 2. The molecule has 0 bridgehead atoms. The van der Waals surface area contributed by atoms with Crippen LogP contribution in [-0.4, -0.2) is 11.9 Å². The Labute approximate surface area is 348 Å². The number of rotatable bonds is 43. The van der Waals surface area contributed by atoms with Crippen molar-refractivity contribution in [3.8, 4) is 11.5 Å². The molecule has 0 aliphatic rings. The molecule has 0 unspecified atom stereocenters. The van der Waals surface area contributed by atoms with Gasteiger partial charge in [-0.05, 0) is 19.8 Å². The Morgan fingerprint density at radius 3 is 0.839 bits per heavy atom. The van der Waals surface area contributed by atoms with E-state index in [4.69, 9.17) is 13.9 Å². The number of carbonyl (C=O) groups excluding carboxylic acids is 2. The summed E-state index contributed by atoms with van der Waals surface area (Å²) in [6.45, 7) is 8.30. The van der Waals surface area contributed by atoms with E-state index in [1.165, 1.54) is 218 Å². The van der Waals surface area contributed by atoms with E-state index in [1.807, 2.05) is 6.92 Å². The highest BCUT2D eigenvalue weighted by molar-refractivity contribution is 5.77. The van der Waals surface area contributed by atoms with Gasteiger partial charge in [-0.1, -0.05) is 252 Å². The Morgan fingerprint density at radius 2 is 0.589 bits per heavy atom. The number of carbonyl (C=O) groups is 2. The van der Waals surface area contributed by atoms with Gasteiger partial charge >= 0.3 is 11.9 Å².